The smallest absolute Gasteiger partial charge is 0.257 e. The lowest BCUT2D eigenvalue weighted by molar-refractivity contribution is 0.0656. The summed E-state index contributed by atoms with van der Waals surface area (Å²) in [6.45, 7) is 6.06. The fourth-order valence-corrected chi connectivity index (χ4v) is 3.49. The predicted octanol–water partition coefficient (Wildman–Crippen LogP) is 3.77. The molecule has 2 atom stereocenters. The highest BCUT2D eigenvalue weighted by Crippen LogP contribution is 2.25. The molecule has 4 heteroatoms. The summed E-state index contributed by atoms with van der Waals surface area (Å²) in [7, 11) is 0. The number of ether oxygens (including phenoxy) is 1. The Morgan fingerprint density at radius 1 is 1.23 bits per heavy atom. The molecule has 138 valence electrons. The van der Waals surface area contributed by atoms with Crippen LogP contribution in [0.1, 0.15) is 41.3 Å². The van der Waals surface area contributed by atoms with Crippen molar-refractivity contribution in [3.05, 3.63) is 65.2 Å². The van der Waals surface area contributed by atoms with Gasteiger partial charge in [-0.3, -0.25) is 4.79 Å². The van der Waals surface area contributed by atoms with Crippen molar-refractivity contribution in [3.63, 3.8) is 0 Å². The lowest BCUT2D eigenvalue weighted by atomic mass is 9.92. The molecule has 1 fully saturated rings. The van der Waals surface area contributed by atoms with E-state index in [4.69, 9.17) is 10.5 Å². The number of amides is 1. The van der Waals surface area contributed by atoms with Crippen molar-refractivity contribution in [2.45, 2.75) is 39.3 Å². The summed E-state index contributed by atoms with van der Waals surface area (Å²) < 4.78 is 6.02. The van der Waals surface area contributed by atoms with Gasteiger partial charge in [0.05, 0.1) is 5.56 Å². The SMILES string of the molecule is Cc1ccccc1COc1ccccc1C(=O)N1CCCC(C(C)N)C1. The van der Waals surface area contributed by atoms with Gasteiger partial charge in [0.2, 0.25) is 0 Å². The molecule has 1 saturated heterocycles. The summed E-state index contributed by atoms with van der Waals surface area (Å²) in [5.41, 5.74) is 9.01. The molecule has 0 saturated carbocycles. The van der Waals surface area contributed by atoms with Crippen LogP contribution in [0.25, 0.3) is 0 Å². The van der Waals surface area contributed by atoms with Crippen LogP contribution < -0.4 is 10.5 Å². The zero-order chi connectivity index (χ0) is 18.5. The maximum atomic E-state index is 13.1. The van der Waals surface area contributed by atoms with Crippen molar-refractivity contribution in [3.8, 4) is 5.75 Å². The molecule has 2 N–H and O–H groups in total. The van der Waals surface area contributed by atoms with Gasteiger partial charge in [-0.05, 0) is 55.9 Å². The molecule has 3 rings (SSSR count). The van der Waals surface area contributed by atoms with Crippen LogP contribution in [-0.2, 0) is 6.61 Å². The molecule has 1 amide bonds. The van der Waals surface area contributed by atoms with Crippen LogP contribution in [0.4, 0.5) is 0 Å². The van der Waals surface area contributed by atoms with Crippen LogP contribution in [-0.4, -0.2) is 29.9 Å². The second-order valence-corrected chi connectivity index (χ2v) is 7.22. The molecule has 1 aliphatic rings. The maximum absolute atomic E-state index is 13.1. The van der Waals surface area contributed by atoms with Gasteiger partial charge in [-0.25, -0.2) is 0 Å². The molecule has 0 aliphatic carbocycles. The van der Waals surface area contributed by atoms with Gasteiger partial charge in [0.25, 0.3) is 5.91 Å². The van der Waals surface area contributed by atoms with Crippen LogP contribution in [0.2, 0.25) is 0 Å². The monoisotopic (exact) mass is 352 g/mol. The molecular formula is C22H28N2O2. The van der Waals surface area contributed by atoms with E-state index < -0.39 is 0 Å². The molecular weight excluding hydrogens is 324 g/mol. The summed E-state index contributed by atoms with van der Waals surface area (Å²) in [6, 6.07) is 15.8. The molecule has 26 heavy (non-hydrogen) atoms. The van der Waals surface area contributed by atoms with E-state index in [9.17, 15) is 4.79 Å². The van der Waals surface area contributed by atoms with E-state index in [0.29, 0.717) is 23.8 Å². The van der Waals surface area contributed by atoms with E-state index in [-0.39, 0.29) is 11.9 Å². The highest BCUT2D eigenvalue weighted by molar-refractivity contribution is 5.97. The first-order valence-electron chi connectivity index (χ1n) is 9.37. The standard InChI is InChI=1S/C22H28N2O2/c1-16-8-3-4-9-19(16)15-26-21-12-6-5-11-20(21)22(25)24-13-7-10-18(14-24)17(2)23/h3-6,8-9,11-12,17-18H,7,10,13-15,23H2,1-2H3. The zero-order valence-corrected chi connectivity index (χ0v) is 15.7. The van der Waals surface area contributed by atoms with Gasteiger partial charge < -0.3 is 15.4 Å². The van der Waals surface area contributed by atoms with Gasteiger partial charge in [0.15, 0.2) is 0 Å². The average Bonchev–Trinajstić information content (AvgIpc) is 2.67. The summed E-state index contributed by atoms with van der Waals surface area (Å²) in [5, 5.41) is 0. The molecule has 2 unspecified atom stereocenters. The summed E-state index contributed by atoms with van der Waals surface area (Å²) in [4.78, 5) is 15.0. The Hall–Kier alpha value is -2.33. The van der Waals surface area contributed by atoms with E-state index >= 15 is 0 Å². The van der Waals surface area contributed by atoms with Crippen molar-refractivity contribution < 1.29 is 9.53 Å². The van der Waals surface area contributed by atoms with Gasteiger partial charge in [-0.1, -0.05) is 36.4 Å². The van der Waals surface area contributed by atoms with Crippen molar-refractivity contribution in [2.24, 2.45) is 11.7 Å². The second-order valence-electron chi connectivity index (χ2n) is 7.22. The van der Waals surface area contributed by atoms with E-state index in [1.807, 2.05) is 48.2 Å². The van der Waals surface area contributed by atoms with Crippen LogP contribution in [0.15, 0.2) is 48.5 Å². The van der Waals surface area contributed by atoms with Gasteiger partial charge in [-0.15, -0.1) is 0 Å². The molecule has 0 spiro atoms. The average molecular weight is 352 g/mol. The van der Waals surface area contributed by atoms with Gasteiger partial charge >= 0.3 is 0 Å². The number of benzene rings is 2. The number of piperidine rings is 1. The number of likely N-dealkylation sites (tertiary alicyclic amines) is 1. The third-order valence-electron chi connectivity index (χ3n) is 5.25. The van der Waals surface area contributed by atoms with Crippen molar-refractivity contribution in [1.29, 1.82) is 0 Å². The lowest BCUT2D eigenvalue weighted by Gasteiger charge is -2.35. The number of rotatable bonds is 5. The Labute approximate surface area is 156 Å². The predicted molar refractivity (Wildman–Crippen MR) is 104 cm³/mol. The number of nitrogens with two attached hydrogens (primary N) is 1. The first-order chi connectivity index (χ1) is 12.6. The summed E-state index contributed by atoms with van der Waals surface area (Å²) in [6.07, 6.45) is 2.09. The number of hydrogen-bond acceptors (Lipinski definition) is 3. The third kappa shape index (κ3) is 4.25. The first-order valence-corrected chi connectivity index (χ1v) is 9.37. The number of carbonyl (C=O) groups is 1. The molecule has 0 aromatic heterocycles. The largest absolute Gasteiger partial charge is 0.488 e. The number of aryl methyl sites for hydroxylation is 1. The minimum Gasteiger partial charge on any atom is -0.488 e. The van der Waals surface area contributed by atoms with Gasteiger partial charge in [0.1, 0.15) is 12.4 Å². The first kappa shape index (κ1) is 18.5. The quantitative estimate of drug-likeness (QED) is 0.891. The van der Waals surface area contributed by atoms with Crippen LogP contribution >= 0.6 is 0 Å². The van der Waals surface area contributed by atoms with E-state index in [0.717, 1.165) is 31.5 Å². The topological polar surface area (TPSA) is 55.6 Å². The third-order valence-corrected chi connectivity index (χ3v) is 5.25. The van der Waals surface area contributed by atoms with Crippen molar-refractivity contribution in [1.82, 2.24) is 4.90 Å². The zero-order valence-electron chi connectivity index (χ0n) is 15.7. The number of hydrogen-bond donors (Lipinski definition) is 1. The Kier molecular flexibility index (Phi) is 5.94. The van der Waals surface area contributed by atoms with Crippen LogP contribution in [0.3, 0.4) is 0 Å². The second kappa shape index (κ2) is 8.37. The molecule has 1 heterocycles. The normalized spacial score (nSPS) is 18.4. The lowest BCUT2D eigenvalue weighted by Crippen LogP contribution is -2.45. The molecule has 2 aromatic rings. The Morgan fingerprint density at radius 3 is 2.73 bits per heavy atom. The van der Waals surface area contributed by atoms with Gasteiger partial charge in [-0.2, -0.15) is 0 Å². The summed E-state index contributed by atoms with van der Waals surface area (Å²) in [5.74, 6) is 1.05. The van der Waals surface area contributed by atoms with Crippen molar-refractivity contribution >= 4 is 5.91 Å². The molecule has 0 bridgehead atoms. The maximum Gasteiger partial charge on any atom is 0.257 e. The van der Waals surface area contributed by atoms with E-state index in [1.54, 1.807) is 0 Å². The van der Waals surface area contributed by atoms with Crippen LogP contribution in [0.5, 0.6) is 5.75 Å². The number of carbonyl (C=O) groups excluding carboxylic acids is 1. The fourth-order valence-electron chi connectivity index (χ4n) is 3.49. The minimum atomic E-state index is 0.0377. The Bertz CT molecular complexity index is 757. The van der Waals surface area contributed by atoms with Gasteiger partial charge in [0, 0.05) is 19.1 Å². The molecule has 4 nitrogen and oxygen atoms in total. The summed E-state index contributed by atoms with van der Waals surface area (Å²) >= 11 is 0. The number of nitrogens with zero attached hydrogens (tertiary/aromatic N) is 1. The molecule has 1 aliphatic heterocycles. The Balaban J connectivity index is 1.74. The minimum absolute atomic E-state index is 0.0377. The fraction of sp³-hybridized carbons (Fsp3) is 0.409. The number of para-hydroxylation sites is 1. The molecule has 2 aromatic carbocycles. The van der Waals surface area contributed by atoms with Crippen LogP contribution in [0, 0.1) is 12.8 Å². The van der Waals surface area contributed by atoms with E-state index in [2.05, 4.69) is 19.1 Å². The van der Waals surface area contributed by atoms with Crippen molar-refractivity contribution in [2.75, 3.05) is 13.1 Å². The van der Waals surface area contributed by atoms with E-state index in [1.165, 1.54) is 5.56 Å². The highest BCUT2D eigenvalue weighted by Gasteiger charge is 2.27. The molecule has 0 radical (unpaired) electrons. The highest BCUT2D eigenvalue weighted by atomic mass is 16.5. The Morgan fingerprint density at radius 2 is 1.96 bits per heavy atom.